The molecule has 3 heteroatoms. The maximum absolute atomic E-state index is 12.3. The van der Waals surface area contributed by atoms with Crippen LogP contribution < -0.4 is 0 Å². The molecule has 0 amide bonds. The summed E-state index contributed by atoms with van der Waals surface area (Å²) >= 11 is 0. The molecule has 0 N–H and O–H groups in total. The van der Waals surface area contributed by atoms with Crippen molar-refractivity contribution in [3.05, 3.63) is 35.4 Å². The molecule has 0 saturated heterocycles. The molecule has 0 bridgehead atoms. The molecule has 0 aliphatic heterocycles. The number of rotatable bonds is 4. The fourth-order valence-electron chi connectivity index (χ4n) is 2.58. The number of ether oxygens (including phenoxy) is 1. The third-order valence-electron chi connectivity index (χ3n) is 3.60. The fourth-order valence-corrected chi connectivity index (χ4v) is 2.58. The van der Waals surface area contributed by atoms with E-state index in [2.05, 4.69) is 6.92 Å². The third kappa shape index (κ3) is 2.36. The summed E-state index contributed by atoms with van der Waals surface area (Å²) in [6.45, 7) is 2.46. The highest BCUT2D eigenvalue weighted by Gasteiger charge is 2.35. The fraction of sp³-hybridized carbons (Fsp3) is 0.467. The van der Waals surface area contributed by atoms with E-state index in [4.69, 9.17) is 4.74 Å². The maximum atomic E-state index is 12.3. The Labute approximate surface area is 107 Å². The Bertz CT molecular complexity index is 465. The van der Waals surface area contributed by atoms with Gasteiger partial charge >= 0.3 is 0 Å². The predicted molar refractivity (Wildman–Crippen MR) is 68.8 cm³/mol. The van der Waals surface area contributed by atoms with Gasteiger partial charge in [0.05, 0.1) is 12.5 Å². The van der Waals surface area contributed by atoms with E-state index in [1.807, 2.05) is 24.3 Å². The van der Waals surface area contributed by atoms with Crippen molar-refractivity contribution in [3.8, 4) is 0 Å². The largest absolute Gasteiger partial charge is 0.384 e. The molecular formula is C15H18O3. The first-order valence-electron chi connectivity index (χ1n) is 6.30. The van der Waals surface area contributed by atoms with Crippen LogP contribution >= 0.6 is 0 Å². The van der Waals surface area contributed by atoms with Gasteiger partial charge in [-0.1, -0.05) is 31.2 Å². The standard InChI is InChI=1S/C15H18O3/c1-10-9-13(14(16)7-8-18-2)15(17)12-6-4-3-5-11(10)12/h3-6,10,13H,7-9H2,1-2H3. The second-order valence-electron chi connectivity index (χ2n) is 4.85. The monoisotopic (exact) mass is 246 g/mol. The molecule has 0 radical (unpaired) electrons. The smallest absolute Gasteiger partial charge is 0.173 e. The lowest BCUT2D eigenvalue weighted by atomic mass is 9.75. The minimum Gasteiger partial charge on any atom is -0.384 e. The van der Waals surface area contributed by atoms with Gasteiger partial charge in [-0.05, 0) is 17.9 Å². The first kappa shape index (κ1) is 13.0. The van der Waals surface area contributed by atoms with Gasteiger partial charge < -0.3 is 4.74 Å². The Morgan fingerprint density at radius 2 is 2.11 bits per heavy atom. The van der Waals surface area contributed by atoms with Gasteiger partial charge in [0.15, 0.2) is 5.78 Å². The minimum absolute atomic E-state index is 0.00297. The Kier molecular flexibility index (Phi) is 3.92. The van der Waals surface area contributed by atoms with E-state index in [9.17, 15) is 9.59 Å². The molecule has 96 valence electrons. The molecule has 2 atom stereocenters. The van der Waals surface area contributed by atoms with Crippen LogP contribution in [0.2, 0.25) is 0 Å². The number of carbonyl (C=O) groups excluding carboxylic acids is 2. The normalized spacial score (nSPS) is 22.7. The number of hydrogen-bond donors (Lipinski definition) is 0. The van der Waals surface area contributed by atoms with Crippen molar-refractivity contribution in [2.24, 2.45) is 5.92 Å². The predicted octanol–water partition coefficient (Wildman–Crippen LogP) is 2.60. The van der Waals surface area contributed by atoms with Crippen LogP contribution in [0.25, 0.3) is 0 Å². The topological polar surface area (TPSA) is 43.4 Å². The summed E-state index contributed by atoms with van der Waals surface area (Å²) in [4.78, 5) is 24.3. The molecule has 1 aliphatic rings. The molecule has 0 saturated carbocycles. The first-order chi connectivity index (χ1) is 8.65. The summed E-state index contributed by atoms with van der Waals surface area (Å²) in [6.07, 6.45) is 0.945. The molecule has 0 spiro atoms. The molecule has 0 heterocycles. The van der Waals surface area contributed by atoms with Crippen molar-refractivity contribution in [1.29, 1.82) is 0 Å². The maximum Gasteiger partial charge on any atom is 0.173 e. The van der Waals surface area contributed by atoms with E-state index < -0.39 is 5.92 Å². The summed E-state index contributed by atoms with van der Waals surface area (Å²) < 4.78 is 4.90. The van der Waals surface area contributed by atoms with Crippen molar-refractivity contribution in [3.63, 3.8) is 0 Å². The lowest BCUT2D eigenvalue weighted by Gasteiger charge is -2.27. The zero-order chi connectivity index (χ0) is 13.1. The summed E-state index contributed by atoms with van der Waals surface area (Å²) in [7, 11) is 1.56. The molecule has 0 aromatic heterocycles. The lowest BCUT2D eigenvalue weighted by Crippen LogP contribution is -2.31. The molecule has 3 nitrogen and oxygen atoms in total. The number of benzene rings is 1. The van der Waals surface area contributed by atoms with Crippen LogP contribution in [0.15, 0.2) is 24.3 Å². The van der Waals surface area contributed by atoms with Crippen LogP contribution in [-0.4, -0.2) is 25.3 Å². The molecule has 18 heavy (non-hydrogen) atoms. The third-order valence-corrected chi connectivity index (χ3v) is 3.60. The molecule has 1 aromatic rings. The summed E-state index contributed by atoms with van der Waals surface area (Å²) in [5.41, 5.74) is 1.78. The van der Waals surface area contributed by atoms with Gasteiger partial charge in [0.25, 0.3) is 0 Å². The van der Waals surface area contributed by atoms with Crippen LogP contribution in [-0.2, 0) is 9.53 Å². The number of carbonyl (C=O) groups is 2. The van der Waals surface area contributed by atoms with Crippen molar-refractivity contribution in [2.45, 2.75) is 25.7 Å². The SMILES string of the molecule is COCCC(=O)C1CC(C)c2ccccc2C1=O. The number of methoxy groups -OCH3 is 1. The van der Waals surface area contributed by atoms with Crippen LogP contribution in [0.3, 0.4) is 0 Å². The van der Waals surface area contributed by atoms with Gasteiger partial charge in [-0.15, -0.1) is 0 Å². The molecule has 1 aromatic carbocycles. The zero-order valence-corrected chi connectivity index (χ0v) is 10.8. The van der Waals surface area contributed by atoms with Gasteiger partial charge in [-0.3, -0.25) is 9.59 Å². The van der Waals surface area contributed by atoms with Gasteiger partial charge in [0, 0.05) is 19.1 Å². The molecule has 1 aliphatic carbocycles. The highest BCUT2D eigenvalue weighted by atomic mass is 16.5. The van der Waals surface area contributed by atoms with E-state index in [-0.39, 0.29) is 17.5 Å². The summed E-state index contributed by atoms with van der Waals surface area (Å²) in [5, 5.41) is 0. The van der Waals surface area contributed by atoms with Crippen molar-refractivity contribution in [1.82, 2.24) is 0 Å². The van der Waals surface area contributed by atoms with Crippen LogP contribution in [0.5, 0.6) is 0 Å². The zero-order valence-electron chi connectivity index (χ0n) is 10.8. The van der Waals surface area contributed by atoms with E-state index in [0.717, 1.165) is 5.56 Å². The van der Waals surface area contributed by atoms with Gasteiger partial charge in [-0.25, -0.2) is 0 Å². The minimum atomic E-state index is -0.481. The van der Waals surface area contributed by atoms with E-state index in [1.54, 1.807) is 7.11 Å². The van der Waals surface area contributed by atoms with Crippen molar-refractivity contribution < 1.29 is 14.3 Å². The Balaban J connectivity index is 2.23. The summed E-state index contributed by atoms with van der Waals surface area (Å²) in [5.74, 6) is -0.242. The van der Waals surface area contributed by atoms with Gasteiger partial charge in [0.2, 0.25) is 0 Å². The van der Waals surface area contributed by atoms with Crippen molar-refractivity contribution >= 4 is 11.6 Å². The quantitative estimate of drug-likeness (QED) is 0.767. The molecule has 0 fully saturated rings. The van der Waals surface area contributed by atoms with Gasteiger partial charge in [0.1, 0.15) is 5.78 Å². The molecular weight excluding hydrogens is 228 g/mol. The number of ketones is 2. The van der Waals surface area contributed by atoms with Crippen molar-refractivity contribution in [2.75, 3.05) is 13.7 Å². The summed E-state index contributed by atoms with van der Waals surface area (Å²) in [6, 6.07) is 7.60. The second-order valence-corrected chi connectivity index (χ2v) is 4.85. The highest BCUT2D eigenvalue weighted by Crippen LogP contribution is 2.35. The molecule has 2 rings (SSSR count). The highest BCUT2D eigenvalue weighted by molar-refractivity contribution is 6.12. The van der Waals surface area contributed by atoms with Crippen LogP contribution in [0.1, 0.15) is 41.6 Å². The Morgan fingerprint density at radius 1 is 1.39 bits per heavy atom. The van der Waals surface area contributed by atoms with E-state index >= 15 is 0 Å². The Hall–Kier alpha value is -1.48. The second kappa shape index (κ2) is 5.44. The Morgan fingerprint density at radius 3 is 2.83 bits per heavy atom. The number of Topliss-reactive ketones (excluding diaryl/α,β-unsaturated/α-hetero) is 2. The van der Waals surface area contributed by atoms with Crippen LogP contribution in [0, 0.1) is 5.92 Å². The molecule has 2 unspecified atom stereocenters. The van der Waals surface area contributed by atoms with Crippen LogP contribution in [0.4, 0.5) is 0 Å². The average Bonchev–Trinajstić information content (AvgIpc) is 2.40. The first-order valence-corrected chi connectivity index (χ1v) is 6.30. The van der Waals surface area contributed by atoms with Gasteiger partial charge in [-0.2, -0.15) is 0 Å². The lowest BCUT2D eigenvalue weighted by molar-refractivity contribution is -0.122. The van der Waals surface area contributed by atoms with E-state index in [1.165, 1.54) is 0 Å². The van der Waals surface area contributed by atoms with E-state index in [0.29, 0.717) is 25.0 Å². The average molecular weight is 246 g/mol. The number of hydrogen-bond acceptors (Lipinski definition) is 3. The number of fused-ring (bicyclic) bond motifs is 1.